The Morgan fingerprint density at radius 2 is 1.92 bits per heavy atom. The summed E-state index contributed by atoms with van der Waals surface area (Å²) in [6, 6.07) is 10.3. The molecule has 136 valence electrons. The van der Waals surface area contributed by atoms with Crippen LogP contribution in [0.15, 0.2) is 48.1 Å². The van der Waals surface area contributed by atoms with Gasteiger partial charge in [-0.3, -0.25) is 0 Å². The average molecular weight is 362 g/mol. The molecule has 0 bridgehead atoms. The van der Waals surface area contributed by atoms with Gasteiger partial charge in [0.15, 0.2) is 0 Å². The fraction of sp³-hybridized carbons (Fsp3) is 0.476. The number of alkyl halides is 1. The van der Waals surface area contributed by atoms with Crippen molar-refractivity contribution in [2.75, 3.05) is 0 Å². The van der Waals surface area contributed by atoms with Gasteiger partial charge in [0.25, 0.3) is 0 Å². The first-order valence-corrected chi connectivity index (χ1v) is 9.25. The number of nitrogens with two attached hydrogens (primary N) is 1. The van der Waals surface area contributed by atoms with E-state index in [-0.39, 0.29) is 5.92 Å². The SMILES string of the molecule is CCC1=CC(c2ccccc2)=CC(CC)C1(Cl)CC(C)(C)OC(N)=O. The molecule has 3 nitrogen and oxygen atoms in total. The Labute approximate surface area is 155 Å². The number of hydrogen-bond donors (Lipinski definition) is 1. The zero-order chi connectivity index (χ0) is 18.7. The summed E-state index contributed by atoms with van der Waals surface area (Å²) in [4.78, 5) is 10.6. The Kier molecular flexibility index (Phi) is 5.99. The van der Waals surface area contributed by atoms with E-state index in [1.165, 1.54) is 16.7 Å². The van der Waals surface area contributed by atoms with Crippen LogP contribution in [-0.4, -0.2) is 16.6 Å². The molecule has 1 amide bonds. The van der Waals surface area contributed by atoms with Crippen molar-refractivity contribution < 1.29 is 9.53 Å². The Balaban J connectivity index is 2.40. The lowest BCUT2D eigenvalue weighted by atomic mass is 9.71. The van der Waals surface area contributed by atoms with Crippen molar-refractivity contribution in [3.8, 4) is 0 Å². The maximum Gasteiger partial charge on any atom is 0.405 e. The van der Waals surface area contributed by atoms with E-state index in [1.807, 2.05) is 32.0 Å². The van der Waals surface area contributed by atoms with Gasteiger partial charge in [-0.2, -0.15) is 0 Å². The number of hydrogen-bond acceptors (Lipinski definition) is 2. The van der Waals surface area contributed by atoms with E-state index >= 15 is 0 Å². The lowest BCUT2D eigenvalue weighted by molar-refractivity contribution is 0.0291. The highest BCUT2D eigenvalue weighted by molar-refractivity contribution is 6.26. The van der Waals surface area contributed by atoms with Crippen LogP contribution in [0.5, 0.6) is 0 Å². The Bertz CT molecular complexity index is 678. The minimum atomic E-state index is -0.767. The van der Waals surface area contributed by atoms with Crippen LogP contribution in [-0.2, 0) is 4.74 Å². The predicted octanol–water partition coefficient (Wildman–Crippen LogP) is 5.69. The third kappa shape index (κ3) is 4.46. The molecule has 0 heterocycles. The largest absolute Gasteiger partial charge is 0.444 e. The molecular weight excluding hydrogens is 334 g/mol. The molecule has 0 aliphatic heterocycles. The van der Waals surface area contributed by atoms with Crippen molar-refractivity contribution in [3.63, 3.8) is 0 Å². The number of halogens is 1. The lowest BCUT2D eigenvalue weighted by Crippen LogP contribution is -2.44. The van der Waals surface area contributed by atoms with Gasteiger partial charge in [-0.1, -0.05) is 56.3 Å². The van der Waals surface area contributed by atoms with E-state index < -0.39 is 16.6 Å². The van der Waals surface area contributed by atoms with Gasteiger partial charge in [0.05, 0.1) is 4.87 Å². The number of amides is 1. The third-order valence-electron chi connectivity index (χ3n) is 4.82. The molecule has 1 aromatic carbocycles. The van der Waals surface area contributed by atoms with Crippen LogP contribution in [0, 0.1) is 5.92 Å². The summed E-state index contributed by atoms with van der Waals surface area (Å²) in [6.45, 7) is 7.98. The van der Waals surface area contributed by atoms with Crippen LogP contribution in [0.4, 0.5) is 4.79 Å². The molecule has 2 N–H and O–H groups in total. The van der Waals surface area contributed by atoms with Crippen molar-refractivity contribution in [2.24, 2.45) is 11.7 Å². The van der Waals surface area contributed by atoms with Gasteiger partial charge in [0, 0.05) is 12.3 Å². The number of ether oxygens (including phenoxy) is 1. The summed E-state index contributed by atoms with van der Waals surface area (Å²) in [7, 11) is 0. The van der Waals surface area contributed by atoms with Gasteiger partial charge < -0.3 is 10.5 Å². The number of allylic oxidation sites excluding steroid dienone is 4. The zero-order valence-electron chi connectivity index (χ0n) is 15.5. The third-order valence-corrected chi connectivity index (χ3v) is 5.48. The molecule has 4 heteroatoms. The summed E-state index contributed by atoms with van der Waals surface area (Å²) in [5, 5.41) is 0. The molecule has 1 aliphatic rings. The first-order valence-electron chi connectivity index (χ1n) is 8.87. The van der Waals surface area contributed by atoms with Crippen molar-refractivity contribution >= 4 is 23.3 Å². The maximum atomic E-state index is 11.2. The highest BCUT2D eigenvalue weighted by Crippen LogP contribution is 2.48. The van der Waals surface area contributed by atoms with E-state index in [4.69, 9.17) is 22.1 Å². The quantitative estimate of drug-likeness (QED) is 0.662. The lowest BCUT2D eigenvalue weighted by Gasteiger charge is -2.43. The van der Waals surface area contributed by atoms with Gasteiger partial charge >= 0.3 is 6.09 Å². The smallest absolute Gasteiger partial charge is 0.405 e. The predicted molar refractivity (Wildman–Crippen MR) is 105 cm³/mol. The molecule has 0 fully saturated rings. The van der Waals surface area contributed by atoms with E-state index in [0.29, 0.717) is 6.42 Å². The molecule has 0 radical (unpaired) electrons. The number of primary amides is 1. The number of carbonyl (C=O) groups is 1. The Morgan fingerprint density at radius 3 is 2.44 bits per heavy atom. The number of carbonyl (C=O) groups excluding carboxylic acids is 1. The van der Waals surface area contributed by atoms with Crippen LogP contribution < -0.4 is 5.73 Å². The van der Waals surface area contributed by atoms with Crippen molar-refractivity contribution in [1.29, 1.82) is 0 Å². The van der Waals surface area contributed by atoms with Crippen LogP contribution in [0.25, 0.3) is 5.57 Å². The molecule has 1 aromatic rings. The second kappa shape index (κ2) is 7.65. The number of rotatable bonds is 6. The fourth-order valence-electron chi connectivity index (χ4n) is 3.76. The number of benzene rings is 1. The molecular formula is C21H28ClNO2. The van der Waals surface area contributed by atoms with Crippen LogP contribution >= 0.6 is 11.6 Å². The van der Waals surface area contributed by atoms with Gasteiger partial charge in [-0.25, -0.2) is 4.79 Å². The van der Waals surface area contributed by atoms with Crippen LogP contribution in [0.1, 0.15) is 52.5 Å². The standard InChI is InChI=1S/C21H28ClNO2/c1-5-17-12-16(15-10-8-7-9-11-15)13-18(6-2)21(17,22)14-20(3,4)25-19(23)24/h7-13,17H,5-6,14H2,1-4H3,(H2,23,24). The minimum Gasteiger partial charge on any atom is -0.444 e. The summed E-state index contributed by atoms with van der Waals surface area (Å²) in [6.07, 6.45) is 5.94. The van der Waals surface area contributed by atoms with Gasteiger partial charge in [-0.15, -0.1) is 11.6 Å². The Hall–Kier alpha value is -1.74. The van der Waals surface area contributed by atoms with Crippen molar-refractivity contribution in [1.82, 2.24) is 0 Å². The summed E-state index contributed by atoms with van der Waals surface area (Å²) in [5.74, 6) is 0.153. The molecule has 1 aliphatic carbocycles. The van der Waals surface area contributed by atoms with E-state index in [0.717, 1.165) is 12.8 Å². The van der Waals surface area contributed by atoms with E-state index in [2.05, 4.69) is 38.1 Å². The van der Waals surface area contributed by atoms with Crippen molar-refractivity contribution in [3.05, 3.63) is 53.6 Å². The molecule has 25 heavy (non-hydrogen) atoms. The second-order valence-electron chi connectivity index (χ2n) is 7.25. The topological polar surface area (TPSA) is 52.3 Å². The average Bonchev–Trinajstić information content (AvgIpc) is 2.53. The van der Waals surface area contributed by atoms with Gasteiger partial charge in [-0.05, 0) is 43.4 Å². The zero-order valence-corrected chi connectivity index (χ0v) is 16.3. The highest BCUT2D eigenvalue weighted by Gasteiger charge is 2.45. The highest BCUT2D eigenvalue weighted by atomic mass is 35.5. The first-order chi connectivity index (χ1) is 11.7. The molecule has 0 saturated heterocycles. The minimum absolute atomic E-state index is 0.153. The molecule has 0 aromatic heterocycles. The first kappa shape index (κ1) is 19.6. The molecule has 2 unspecified atom stereocenters. The van der Waals surface area contributed by atoms with Gasteiger partial charge in [0.1, 0.15) is 5.60 Å². The van der Waals surface area contributed by atoms with Crippen LogP contribution in [0.3, 0.4) is 0 Å². The summed E-state index contributed by atoms with van der Waals surface area (Å²) < 4.78 is 5.31. The fourth-order valence-corrected chi connectivity index (χ4v) is 4.49. The molecule has 0 spiro atoms. The molecule has 0 saturated carbocycles. The maximum absolute atomic E-state index is 11.2. The second-order valence-corrected chi connectivity index (χ2v) is 7.92. The van der Waals surface area contributed by atoms with Gasteiger partial charge in [0.2, 0.25) is 0 Å². The monoisotopic (exact) mass is 361 g/mol. The summed E-state index contributed by atoms with van der Waals surface area (Å²) in [5.41, 5.74) is 8.07. The van der Waals surface area contributed by atoms with Crippen molar-refractivity contribution in [2.45, 2.75) is 57.4 Å². The molecule has 2 atom stereocenters. The van der Waals surface area contributed by atoms with E-state index in [1.54, 1.807) is 0 Å². The normalized spacial score (nSPS) is 23.6. The Morgan fingerprint density at radius 1 is 1.28 bits per heavy atom. The van der Waals surface area contributed by atoms with Crippen LogP contribution in [0.2, 0.25) is 0 Å². The summed E-state index contributed by atoms with van der Waals surface area (Å²) >= 11 is 7.18. The van der Waals surface area contributed by atoms with E-state index in [9.17, 15) is 4.79 Å². The molecule has 2 rings (SSSR count).